The fraction of sp³-hybridized carbons (Fsp3) is 0.692. The number of rotatable bonds is 6. The van der Waals surface area contributed by atoms with Gasteiger partial charge in [0.15, 0.2) is 5.82 Å². The molecule has 1 heterocycles. The Morgan fingerprint density at radius 2 is 1.76 bits per heavy atom. The van der Waals surface area contributed by atoms with E-state index >= 15 is 0 Å². The van der Waals surface area contributed by atoms with Gasteiger partial charge in [0.2, 0.25) is 0 Å². The van der Waals surface area contributed by atoms with Gasteiger partial charge in [0, 0.05) is 13.6 Å². The molecular formula is C13H24N4. The van der Waals surface area contributed by atoms with Crippen molar-refractivity contribution in [3.63, 3.8) is 0 Å². The summed E-state index contributed by atoms with van der Waals surface area (Å²) in [6.45, 7) is 6.37. The Hall–Kier alpha value is -1.16. The summed E-state index contributed by atoms with van der Waals surface area (Å²) >= 11 is 0. The van der Waals surface area contributed by atoms with Crippen LogP contribution >= 0.6 is 0 Å². The monoisotopic (exact) mass is 236 g/mol. The number of aromatic nitrogens is 2. The second-order valence-electron chi connectivity index (χ2n) is 5.05. The van der Waals surface area contributed by atoms with Crippen LogP contribution in [0.5, 0.6) is 0 Å². The van der Waals surface area contributed by atoms with E-state index in [2.05, 4.69) is 67.1 Å². The van der Waals surface area contributed by atoms with Crippen LogP contribution in [0.25, 0.3) is 0 Å². The van der Waals surface area contributed by atoms with Crippen molar-refractivity contribution in [2.24, 2.45) is 0 Å². The molecule has 1 aromatic rings. The van der Waals surface area contributed by atoms with Gasteiger partial charge in [0.1, 0.15) is 0 Å². The minimum absolute atomic E-state index is 0.440. The Balaban J connectivity index is 2.48. The smallest absolute Gasteiger partial charge is 0.150 e. The van der Waals surface area contributed by atoms with Crippen LogP contribution in [-0.2, 0) is 0 Å². The minimum Gasteiger partial charge on any atom is -0.358 e. The molecule has 0 aliphatic carbocycles. The number of anilines is 1. The van der Waals surface area contributed by atoms with Gasteiger partial charge in [0.05, 0.1) is 5.69 Å². The highest BCUT2D eigenvalue weighted by Crippen LogP contribution is 2.13. The molecule has 17 heavy (non-hydrogen) atoms. The molecule has 0 unspecified atom stereocenters. The van der Waals surface area contributed by atoms with Crippen molar-refractivity contribution >= 4 is 5.82 Å². The number of hydrogen-bond acceptors (Lipinski definition) is 4. The quantitative estimate of drug-likeness (QED) is 0.756. The topological polar surface area (TPSA) is 32.3 Å². The molecule has 0 bridgehead atoms. The van der Waals surface area contributed by atoms with Gasteiger partial charge >= 0.3 is 0 Å². The van der Waals surface area contributed by atoms with E-state index in [-0.39, 0.29) is 0 Å². The maximum absolute atomic E-state index is 4.26. The second kappa shape index (κ2) is 6.55. The lowest BCUT2D eigenvalue weighted by Gasteiger charge is -2.19. The molecule has 0 amide bonds. The lowest BCUT2D eigenvalue weighted by molar-refractivity contribution is 0.401. The van der Waals surface area contributed by atoms with Crippen LogP contribution in [0.4, 0.5) is 5.82 Å². The van der Waals surface area contributed by atoms with Gasteiger partial charge in [-0.2, -0.15) is 5.10 Å². The van der Waals surface area contributed by atoms with Crippen molar-refractivity contribution in [3.05, 3.63) is 17.8 Å². The molecule has 0 spiro atoms. The standard InChI is InChI=1S/C13H24N4/c1-11(2)12-7-8-13(15-14-12)17(5)10-6-9-16(3)4/h7-8,11H,6,9-10H2,1-5H3. The zero-order valence-electron chi connectivity index (χ0n) is 11.6. The van der Waals surface area contributed by atoms with Gasteiger partial charge in [-0.05, 0) is 45.1 Å². The summed E-state index contributed by atoms with van der Waals surface area (Å²) in [5, 5.41) is 8.50. The summed E-state index contributed by atoms with van der Waals surface area (Å²) in [4.78, 5) is 4.35. The fourth-order valence-corrected chi connectivity index (χ4v) is 1.59. The molecule has 96 valence electrons. The molecule has 1 rings (SSSR count). The molecule has 0 aliphatic heterocycles. The van der Waals surface area contributed by atoms with Crippen molar-refractivity contribution in [1.82, 2.24) is 15.1 Å². The Labute approximate surface area is 105 Å². The number of hydrogen-bond donors (Lipinski definition) is 0. The first-order valence-electron chi connectivity index (χ1n) is 6.20. The summed E-state index contributed by atoms with van der Waals surface area (Å²) in [5.74, 6) is 1.39. The summed E-state index contributed by atoms with van der Waals surface area (Å²) < 4.78 is 0. The lowest BCUT2D eigenvalue weighted by Crippen LogP contribution is -2.24. The van der Waals surface area contributed by atoms with Crippen LogP contribution in [0.3, 0.4) is 0 Å². The lowest BCUT2D eigenvalue weighted by atomic mass is 10.1. The van der Waals surface area contributed by atoms with Crippen LogP contribution < -0.4 is 4.90 Å². The Bertz CT molecular complexity index is 319. The molecule has 0 atom stereocenters. The van der Waals surface area contributed by atoms with E-state index in [1.165, 1.54) is 0 Å². The molecule has 0 N–H and O–H groups in total. The van der Waals surface area contributed by atoms with Gasteiger partial charge in [-0.15, -0.1) is 5.10 Å². The maximum Gasteiger partial charge on any atom is 0.150 e. The first-order chi connectivity index (χ1) is 8.00. The third kappa shape index (κ3) is 4.69. The minimum atomic E-state index is 0.440. The Morgan fingerprint density at radius 3 is 2.24 bits per heavy atom. The SMILES string of the molecule is CC(C)c1ccc(N(C)CCCN(C)C)nn1. The van der Waals surface area contributed by atoms with Crippen molar-refractivity contribution in [1.29, 1.82) is 0 Å². The predicted molar refractivity (Wildman–Crippen MR) is 72.6 cm³/mol. The summed E-state index contributed by atoms with van der Waals surface area (Å²) in [6.07, 6.45) is 1.14. The zero-order chi connectivity index (χ0) is 12.8. The van der Waals surface area contributed by atoms with E-state index in [0.717, 1.165) is 31.0 Å². The van der Waals surface area contributed by atoms with Crippen molar-refractivity contribution in [2.45, 2.75) is 26.2 Å². The molecule has 0 saturated carbocycles. The van der Waals surface area contributed by atoms with Gasteiger partial charge in [-0.1, -0.05) is 13.8 Å². The molecule has 1 aromatic heterocycles. The third-order valence-electron chi connectivity index (χ3n) is 2.75. The molecule has 0 aromatic carbocycles. The van der Waals surface area contributed by atoms with Gasteiger partial charge in [-0.3, -0.25) is 0 Å². The van der Waals surface area contributed by atoms with E-state index in [0.29, 0.717) is 5.92 Å². The summed E-state index contributed by atoms with van der Waals surface area (Å²) in [7, 11) is 6.25. The van der Waals surface area contributed by atoms with E-state index < -0.39 is 0 Å². The average Bonchev–Trinajstić information content (AvgIpc) is 2.28. The van der Waals surface area contributed by atoms with Crippen molar-refractivity contribution in [2.75, 3.05) is 39.1 Å². The fourth-order valence-electron chi connectivity index (χ4n) is 1.59. The summed E-state index contributed by atoms with van der Waals surface area (Å²) in [5.41, 5.74) is 1.05. The highest BCUT2D eigenvalue weighted by Gasteiger charge is 2.05. The van der Waals surface area contributed by atoms with Crippen LogP contribution in [0.15, 0.2) is 12.1 Å². The van der Waals surface area contributed by atoms with Gasteiger partial charge in [-0.25, -0.2) is 0 Å². The third-order valence-corrected chi connectivity index (χ3v) is 2.75. The van der Waals surface area contributed by atoms with E-state index in [4.69, 9.17) is 0 Å². The van der Waals surface area contributed by atoms with Crippen molar-refractivity contribution in [3.8, 4) is 0 Å². The van der Waals surface area contributed by atoms with E-state index in [1.807, 2.05) is 0 Å². The van der Waals surface area contributed by atoms with Crippen LogP contribution in [0, 0.1) is 0 Å². The molecular weight excluding hydrogens is 212 g/mol. The highest BCUT2D eigenvalue weighted by atomic mass is 15.2. The average molecular weight is 236 g/mol. The van der Waals surface area contributed by atoms with E-state index in [1.54, 1.807) is 0 Å². The zero-order valence-corrected chi connectivity index (χ0v) is 11.6. The number of nitrogens with zero attached hydrogens (tertiary/aromatic N) is 4. The first kappa shape index (κ1) is 13.9. The Morgan fingerprint density at radius 1 is 1.06 bits per heavy atom. The Kier molecular flexibility index (Phi) is 5.35. The maximum atomic E-state index is 4.26. The summed E-state index contributed by atoms with van der Waals surface area (Å²) in [6, 6.07) is 4.12. The molecule has 4 heteroatoms. The molecule has 0 radical (unpaired) electrons. The van der Waals surface area contributed by atoms with Gasteiger partial charge in [0.25, 0.3) is 0 Å². The van der Waals surface area contributed by atoms with Crippen LogP contribution in [0.2, 0.25) is 0 Å². The molecule has 0 saturated heterocycles. The molecule has 0 aliphatic rings. The van der Waals surface area contributed by atoms with Crippen LogP contribution in [0.1, 0.15) is 31.9 Å². The second-order valence-corrected chi connectivity index (χ2v) is 5.05. The normalized spacial score (nSPS) is 11.2. The highest BCUT2D eigenvalue weighted by molar-refractivity contribution is 5.36. The molecule has 0 fully saturated rings. The van der Waals surface area contributed by atoms with Crippen LogP contribution in [-0.4, -0.2) is 49.3 Å². The van der Waals surface area contributed by atoms with Gasteiger partial charge < -0.3 is 9.80 Å². The van der Waals surface area contributed by atoms with Crippen molar-refractivity contribution < 1.29 is 0 Å². The largest absolute Gasteiger partial charge is 0.358 e. The molecule has 4 nitrogen and oxygen atoms in total. The predicted octanol–water partition coefficient (Wildman–Crippen LogP) is 1.99. The first-order valence-corrected chi connectivity index (χ1v) is 6.20. The van der Waals surface area contributed by atoms with E-state index in [9.17, 15) is 0 Å².